The molecule has 172 valence electrons. The number of benzene rings is 2. The van der Waals surface area contributed by atoms with Gasteiger partial charge in [0.2, 0.25) is 11.0 Å². The predicted molar refractivity (Wildman–Crippen MR) is 119 cm³/mol. The highest BCUT2D eigenvalue weighted by atomic mass is 32.1. The van der Waals surface area contributed by atoms with Gasteiger partial charge in [-0.2, -0.15) is 13.2 Å². The smallest absolute Gasteiger partial charge is 0.312 e. The summed E-state index contributed by atoms with van der Waals surface area (Å²) in [6, 6.07) is 10.6. The van der Waals surface area contributed by atoms with Gasteiger partial charge < -0.3 is 10.2 Å². The van der Waals surface area contributed by atoms with Crippen LogP contribution in [0.4, 0.5) is 28.8 Å². The first-order chi connectivity index (χ1) is 15.7. The Hall–Kier alpha value is -3.47. The monoisotopic (exact) mass is 475 g/mol. The molecule has 1 saturated heterocycles. The number of anilines is 2. The molecule has 3 aromatic rings. The molecule has 0 spiro atoms. The second-order valence-corrected chi connectivity index (χ2v) is 8.61. The first kappa shape index (κ1) is 22.7. The average Bonchev–Trinajstić information content (AvgIpc) is 3.43. The maximum absolute atomic E-state index is 12.8. The summed E-state index contributed by atoms with van der Waals surface area (Å²) in [7, 11) is 0. The quantitative estimate of drug-likeness (QED) is 0.545. The summed E-state index contributed by atoms with van der Waals surface area (Å²) in [6.45, 7) is 2.33. The number of carbonyl (C=O) groups is 2. The van der Waals surface area contributed by atoms with Crippen LogP contribution in [0.1, 0.15) is 24.0 Å². The fraction of sp³-hybridized carbons (Fsp3) is 0.273. The van der Waals surface area contributed by atoms with E-state index in [2.05, 4.69) is 20.8 Å². The number of halogens is 3. The molecule has 11 heteroatoms. The molecule has 3 amide bonds. The van der Waals surface area contributed by atoms with E-state index in [1.165, 1.54) is 28.4 Å². The van der Waals surface area contributed by atoms with Crippen molar-refractivity contribution in [3.63, 3.8) is 0 Å². The zero-order valence-electron chi connectivity index (χ0n) is 17.5. The van der Waals surface area contributed by atoms with E-state index in [4.69, 9.17) is 0 Å². The lowest BCUT2D eigenvalue weighted by atomic mass is 10.1. The lowest BCUT2D eigenvalue weighted by Crippen LogP contribution is -2.45. The molecular weight excluding hydrogens is 455 g/mol. The Morgan fingerprint density at radius 3 is 2.55 bits per heavy atom. The summed E-state index contributed by atoms with van der Waals surface area (Å²) in [5, 5.41) is 14.4. The van der Waals surface area contributed by atoms with E-state index in [0.29, 0.717) is 29.5 Å². The number of hydrogen-bond donors (Lipinski definition) is 2. The highest BCUT2D eigenvalue weighted by Gasteiger charge is 2.35. The van der Waals surface area contributed by atoms with Gasteiger partial charge in [0.1, 0.15) is 11.0 Å². The molecule has 1 aliphatic heterocycles. The third kappa shape index (κ3) is 5.30. The number of urea groups is 1. The van der Waals surface area contributed by atoms with Gasteiger partial charge in [-0.25, -0.2) is 4.79 Å². The zero-order chi connectivity index (χ0) is 23.6. The molecule has 7 nitrogen and oxygen atoms in total. The number of aryl methyl sites for hydroxylation is 1. The SMILES string of the molecule is Cc1cccc(-c2nnc(NC(=O)C3CCCN3C(=O)Nc3ccc(C(F)(F)F)cc3)s2)c1. The third-order valence-electron chi connectivity index (χ3n) is 5.20. The first-order valence-electron chi connectivity index (χ1n) is 10.2. The molecule has 0 aliphatic carbocycles. The van der Waals surface area contributed by atoms with Gasteiger partial charge >= 0.3 is 12.2 Å². The highest BCUT2D eigenvalue weighted by molar-refractivity contribution is 7.18. The molecule has 1 fully saturated rings. The lowest BCUT2D eigenvalue weighted by molar-refractivity contribution is -0.137. The van der Waals surface area contributed by atoms with Crippen LogP contribution in [0, 0.1) is 6.92 Å². The van der Waals surface area contributed by atoms with Crippen LogP contribution in [-0.2, 0) is 11.0 Å². The minimum Gasteiger partial charge on any atom is -0.312 e. The second-order valence-electron chi connectivity index (χ2n) is 7.63. The largest absolute Gasteiger partial charge is 0.416 e. The molecule has 0 bridgehead atoms. The Kier molecular flexibility index (Phi) is 6.32. The Morgan fingerprint density at radius 2 is 1.85 bits per heavy atom. The van der Waals surface area contributed by atoms with Gasteiger partial charge in [0, 0.05) is 17.8 Å². The Balaban J connectivity index is 1.39. The molecule has 0 radical (unpaired) electrons. The Morgan fingerprint density at radius 1 is 1.09 bits per heavy atom. The number of nitrogens with zero attached hydrogens (tertiary/aromatic N) is 3. The Labute approximate surface area is 191 Å². The van der Waals surface area contributed by atoms with Crippen molar-refractivity contribution in [2.24, 2.45) is 0 Å². The van der Waals surface area contributed by atoms with Crippen molar-refractivity contribution < 1.29 is 22.8 Å². The summed E-state index contributed by atoms with van der Waals surface area (Å²) in [6.07, 6.45) is -3.36. The molecule has 2 heterocycles. The number of amides is 3. The zero-order valence-corrected chi connectivity index (χ0v) is 18.3. The lowest BCUT2D eigenvalue weighted by Gasteiger charge is -2.23. The standard InChI is InChI=1S/C22H20F3N5O2S/c1-13-4-2-5-14(12-13)19-28-29-20(33-19)27-18(31)17-6-3-11-30(17)21(32)26-16-9-7-15(8-10-16)22(23,24)25/h2,4-5,7-10,12,17H,3,6,11H2,1H3,(H,26,32)(H,27,29,31). The topological polar surface area (TPSA) is 87.2 Å². The van der Waals surface area contributed by atoms with E-state index < -0.39 is 23.8 Å². The number of rotatable bonds is 4. The van der Waals surface area contributed by atoms with Gasteiger partial charge in [-0.3, -0.25) is 10.1 Å². The summed E-state index contributed by atoms with van der Waals surface area (Å²) in [5.74, 6) is -0.387. The van der Waals surface area contributed by atoms with Crippen LogP contribution in [-0.4, -0.2) is 39.6 Å². The maximum Gasteiger partial charge on any atom is 0.416 e. The molecule has 1 unspecified atom stereocenters. The molecule has 1 aromatic heterocycles. The summed E-state index contributed by atoms with van der Waals surface area (Å²) in [4.78, 5) is 26.9. The summed E-state index contributed by atoms with van der Waals surface area (Å²) < 4.78 is 38.1. The average molecular weight is 475 g/mol. The number of nitrogens with one attached hydrogen (secondary N) is 2. The van der Waals surface area contributed by atoms with E-state index in [1.54, 1.807) is 0 Å². The second kappa shape index (κ2) is 9.18. The van der Waals surface area contributed by atoms with Crippen LogP contribution in [0.25, 0.3) is 10.6 Å². The predicted octanol–water partition coefficient (Wildman–Crippen LogP) is 5.17. The van der Waals surface area contributed by atoms with Crippen LogP contribution in [0.3, 0.4) is 0 Å². The van der Waals surface area contributed by atoms with E-state index in [-0.39, 0.29) is 11.6 Å². The van der Waals surface area contributed by atoms with Crippen molar-refractivity contribution >= 4 is 34.1 Å². The van der Waals surface area contributed by atoms with Crippen molar-refractivity contribution in [1.29, 1.82) is 0 Å². The van der Waals surface area contributed by atoms with E-state index in [9.17, 15) is 22.8 Å². The van der Waals surface area contributed by atoms with E-state index >= 15 is 0 Å². The van der Waals surface area contributed by atoms with E-state index in [0.717, 1.165) is 23.3 Å². The molecule has 1 atom stereocenters. The molecule has 4 rings (SSSR count). The van der Waals surface area contributed by atoms with Crippen molar-refractivity contribution in [2.45, 2.75) is 32.0 Å². The fourth-order valence-electron chi connectivity index (χ4n) is 3.58. The van der Waals surface area contributed by atoms with Crippen molar-refractivity contribution in [3.05, 3.63) is 59.7 Å². The van der Waals surface area contributed by atoms with Crippen LogP contribution in [0.2, 0.25) is 0 Å². The normalized spacial score (nSPS) is 16.0. The molecule has 2 aromatic carbocycles. The van der Waals surface area contributed by atoms with Gasteiger partial charge in [-0.05, 0) is 50.1 Å². The minimum atomic E-state index is -4.45. The number of aromatic nitrogens is 2. The first-order valence-corrected chi connectivity index (χ1v) is 11.0. The summed E-state index contributed by atoms with van der Waals surface area (Å²) in [5.41, 5.74) is 1.38. The highest BCUT2D eigenvalue weighted by Crippen LogP contribution is 2.30. The van der Waals surface area contributed by atoms with Gasteiger partial charge in [-0.15, -0.1) is 10.2 Å². The molecule has 1 aliphatic rings. The number of hydrogen-bond acceptors (Lipinski definition) is 5. The third-order valence-corrected chi connectivity index (χ3v) is 6.09. The van der Waals surface area contributed by atoms with Gasteiger partial charge in [0.25, 0.3) is 0 Å². The van der Waals surface area contributed by atoms with Crippen LogP contribution < -0.4 is 10.6 Å². The minimum absolute atomic E-state index is 0.214. The number of alkyl halides is 3. The maximum atomic E-state index is 12.8. The van der Waals surface area contributed by atoms with Gasteiger partial charge in [-0.1, -0.05) is 35.1 Å². The molecule has 33 heavy (non-hydrogen) atoms. The van der Waals surface area contributed by atoms with Crippen molar-refractivity contribution in [2.75, 3.05) is 17.2 Å². The number of carbonyl (C=O) groups excluding carboxylic acids is 2. The number of likely N-dealkylation sites (tertiary alicyclic amines) is 1. The molecule has 0 saturated carbocycles. The van der Waals surface area contributed by atoms with Gasteiger partial charge in [0.15, 0.2) is 0 Å². The van der Waals surface area contributed by atoms with Crippen LogP contribution in [0.15, 0.2) is 48.5 Å². The van der Waals surface area contributed by atoms with Crippen LogP contribution in [0.5, 0.6) is 0 Å². The van der Waals surface area contributed by atoms with Crippen molar-refractivity contribution in [3.8, 4) is 10.6 Å². The van der Waals surface area contributed by atoms with E-state index in [1.807, 2.05) is 31.2 Å². The Bertz CT molecular complexity index is 1160. The van der Waals surface area contributed by atoms with Gasteiger partial charge in [0.05, 0.1) is 5.56 Å². The molecule has 2 N–H and O–H groups in total. The van der Waals surface area contributed by atoms with Crippen LogP contribution >= 0.6 is 11.3 Å². The van der Waals surface area contributed by atoms with Crippen molar-refractivity contribution in [1.82, 2.24) is 15.1 Å². The summed E-state index contributed by atoms with van der Waals surface area (Å²) >= 11 is 1.23. The fourth-order valence-corrected chi connectivity index (χ4v) is 4.32. The molecular formula is C22H20F3N5O2S.